The number of hydrogen-bond donors (Lipinski definition) is 0. The first kappa shape index (κ1) is 20.0. The standard InChI is InChI=1S/C23H25N3O4/c1-24-11-13-25(14-12-24)21-20(16-7-5-4-6-8-16)22(27)26(23(21)28)18-15-17(29-2)9-10-19(18)30-3/h4-10,15H,11-14H2,1-3H3. The van der Waals surface area contributed by atoms with Gasteiger partial charge in [0, 0.05) is 32.2 Å². The van der Waals surface area contributed by atoms with Gasteiger partial charge in [0.2, 0.25) is 0 Å². The fraction of sp³-hybridized carbons (Fsp3) is 0.304. The van der Waals surface area contributed by atoms with E-state index in [2.05, 4.69) is 11.9 Å². The Morgan fingerprint density at radius 3 is 2.17 bits per heavy atom. The maximum atomic E-state index is 13.6. The molecule has 1 fully saturated rings. The van der Waals surface area contributed by atoms with Crippen LogP contribution in [0.2, 0.25) is 0 Å². The number of rotatable bonds is 5. The first-order valence-electron chi connectivity index (χ1n) is 9.89. The summed E-state index contributed by atoms with van der Waals surface area (Å²) in [6.07, 6.45) is 0. The normalized spacial score (nSPS) is 17.7. The van der Waals surface area contributed by atoms with Crippen molar-refractivity contribution in [2.24, 2.45) is 0 Å². The van der Waals surface area contributed by atoms with Gasteiger partial charge >= 0.3 is 0 Å². The van der Waals surface area contributed by atoms with Gasteiger partial charge in [-0.05, 0) is 24.7 Å². The van der Waals surface area contributed by atoms with E-state index in [1.165, 1.54) is 12.0 Å². The number of hydrogen-bond acceptors (Lipinski definition) is 6. The Bertz CT molecular complexity index is 995. The molecule has 0 saturated carbocycles. The fourth-order valence-electron chi connectivity index (χ4n) is 3.90. The van der Waals surface area contributed by atoms with Crippen molar-refractivity contribution in [2.75, 3.05) is 52.3 Å². The van der Waals surface area contributed by atoms with E-state index in [1.54, 1.807) is 25.3 Å². The van der Waals surface area contributed by atoms with Gasteiger partial charge in [-0.25, -0.2) is 4.90 Å². The average Bonchev–Trinajstić information content (AvgIpc) is 3.04. The second-order valence-corrected chi connectivity index (χ2v) is 7.36. The molecule has 156 valence electrons. The first-order valence-corrected chi connectivity index (χ1v) is 9.89. The molecule has 1 saturated heterocycles. The lowest BCUT2D eigenvalue weighted by atomic mass is 10.0. The molecule has 0 aliphatic carbocycles. The second kappa shape index (κ2) is 8.20. The highest BCUT2D eigenvalue weighted by molar-refractivity contribution is 6.45. The third-order valence-electron chi connectivity index (χ3n) is 5.57. The van der Waals surface area contributed by atoms with Gasteiger partial charge in [-0.15, -0.1) is 0 Å². The molecule has 2 aliphatic heterocycles. The fourth-order valence-corrected chi connectivity index (χ4v) is 3.90. The summed E-state index contributed by atoms with van der Waals surface area (Å²) in [7, 11) is 5.12. The highest BCUT2D eigenvalue weighted by Crippen LogP contribution is 2.40. The van der Waals surface area contributed by atoms with Gasteiger partial charge in [0.25, 0.3) is 11.8 Å². The number of anilines is 1. The van der Waals surface area contributed by atoms with Crippen molar-refractivity contribution in [3.8, 4) is 11.5 Å². The third-order valence-corrected chi connectivity index (χ3v) is 5.57. The molecule has 30 heavy (non-hydrogen) atoms. The summed E-state index contributed by atoms with van der Waals surface area (Å²) in [5.41, 5.74) is 1.98. The first-order chi connectivity index (χ1) is 14.5. The van der Waals surface area contributed by atoms with E-state index in [9.17, 15) is 9.59 Å². The highest BCUT2D eigenvalue weighted by atomic mass is 16.5. The molecule has 7 nitrogen and oxygen atoms in total. The number of ether oxygens (including phenoxy) is 2. The van der Waals surface area contributed by atoms with E-state index in [-0.39, 0.29) is 11.8 Å². The Labute approximate surface area is 176 Å². The van der Waals surface area contributed by atoms with Crippen LogP contribution in [0.15, 0.2) is 54.2 Å². The van der Waals surface area contributed by atoms with E-state index in [4.69, 9.17) is 9.47 Å². The van der Waals surface area contributed by atoms with E-state index < -0.39 is 0 Å². The quantitative estimate of drug-likeness (QED) is 0.709. The molecular formula is C23H25N3O4. The van der Waals surface area contributed by atoms with Crippen LogP contribution >= 0.6 is 0 Å². The highest BCUT2D eigenvalue weighted by Gasteiger charge is 2.44. The van der Waals surface area contributed by atoms with Crippen molar-refractivity contribution >= 4 is 23.1 Å². The smallest absolute Gasteiger partial charge is 0.282 e. The Morgan fingerprint density at radius 1 is 0.833 bits per heavy atom. The zero-order chi connectivity index (χ0) is 21.3. The SMILES string of the molecule is COc1ccc(OC)c(N2C(=O)C(c3ccccc3)=C(N3CCN(C)CC3)C2=O)c1. The number of amides is 2. The van der Waals surface area contributed by atoms with Crippen molar-refractivity contribution in [2.45, 2.75) is 0 Å². The minimum Gasteiger partial charge on any atom is -0.497 e. The summed E-state index contributed by atoms with van der Waals surface area (Å²) in [6, 6.07) is 14.5. The van der Waals surface area contributed by atoms with Crippen LogP contribution in [0.3, 0.4) is 0 Å². The number of carbonyl (C=O) groups is 2. The van der Waals surface area contributed by atoms with E-state index in [0.717, 1.165) is 18.7 Å². The van der Waals surface area contributed by atoms with Gasteiger partial charge in [-0.2, -0.15) is 0 Å². The van der Waals surface area contributed by atoms with Gasteiger partial charge in [-0.1, -0.05) is 30.3 Å². The largest absolute Gasteiger partial charge is 0.497 e. The molecule has 2 aliphatic rings. The van der Waals surface area contributed by atoms with Gasteiger partial charge in [0.15, 0.2) is 0 Å². The number of likely N-dealkylation sites (N-methyl/N-ethyl adjacent to an activating group) is 1. The molecule has 7 heteroatoms. The average molecular weight is 407 g/mol. The molecule has 2 aromatic carbocycles. The molecule has 4 rings (SSSR count). The summed E-state index contributed by atoms with van der Waals surface area (Å²) in [4.78, 5) is 32.7. The number of nitrogens with zero attached hydrogens (tertiary/aromatic N) is 3. The summed E-state index contributed by atoms with van der Waals surface area (Å²) in [6.45, 7) is 3.03. The monoisotopic (exact) mass is 407 g/mol. The van der Waals surface area contributed by atoms with Crippen molar-refractivity contribution < 1.29 is 19.1 Å². The van der Waals surface area contributed by atoms with Crippen LogP contribution in [0, 0.1) is 0 Å². The number of piperazine rings is 1. The molecule has 0 N–H and O–H groups in total. The molecule has 0 atom stereocenters. The number of methoxy groups -OCH3 is 2. The molecule has 0 bridgehead atoms. The van der Waals surface area contributed by atoms with Gasteiger partial charge in [0.05, 0.1) is 25.5 Å². The van der Waals surface area contributed by atoms with Crippen molar-refractivity contribution in [3.63, 3.8) is 0 Å². The zero-order valence-electron chi connectivity index (χ0n) is 17.4. The van der Waals surface area contributed by atoms with Crippen LogP contribution in [-0.4, -0.2) is 69.1 Å². The van der Waals surface area contributed by atoms with Crippen LogP contribution in [0.25, 0.3) is 5.57 Å². The Hall–Kier alpha value is -3.32. The van der Waals surface area contributed by atoms with Crippen LogP contribution in [-0.2, 0) is 9.59 Å². The van der Waals surface area contributed by atoms with Gasteiger partial charge < -0.3 is 19.3 Å². The molecule has 2 amide bonds. The third kappa shape index (κ3) is 3.41. The number of imide groups is 1. The minimum atomic E-state index is -0.355. The molecule has 0 aromatic heterocycles. The molecule has 2 heterocycles. The van der Waals surface area contributed by atoms with E-state index >= 15 is 0 Å². The Morgan fingerprint density at radius 2 is 1.53 bits per heavy atom. The predicted molar refractivity (Wildman–Crippen MR) is 114 cm³/mol. The lowest BCUT2D eigenvalue weighted by Gasteiger charge is -2.34. The predicted octanol–water partition coefficient (Wildman–Crippen LogP) is 2.24. The van der Waals surface area contributed by atoms with Crippen LogP contribution < -0.4 is 14.4 Å². The maximum Gasteiger partial charge on any atom is 0.282 e. The van der Waals surface area contributed by atoms with Crippen molar-refractivity contribution in [3.05, 3.63) is 59.8 Å². The molecule has 2 aromatic rings. The summed E-state index contributed by atoms with van der Waals surface area (Å²) in [5, 5.41) is 0. The molecule has 0 spiro atoms. The summed E-state index contributed by atoms with van der Waals surface area (Å²) >= 11 is 0. The molecule has 0 radical (unpaired) electrons. The van der Waals surface area contributed by atoms with Gasteiger partial charge in [0.1, 0.15) is 17.2 Å². The van der Waals surface area contributed by atoms with Crippen LogP contribution in [0.4, 0.5) is 5.69 Å². The van der Waals surface area contributed by atoms with E-state index in [1.807, 2.05) is 35.2 Å². The summed E-state index contributed by atoms with van der Waals surface area (Å²) in [5.74, 6) is 0.284. The second-order valence-electron chi connectivity index (χ2n) is 7.36. The number of carbonyl (C=O) groups excluding carboxylic acids is 2. The number of benzene rings is 2. The topological polar surface area (TPSA) is 62.3 Å². The zero-order valence-corrected chi connectivity index (χ0v) is 17.4. The Kier molecular flexibility index (Phi) is 5.46. The summed E-state index contributed by atoms with van der Waals surface area (Å²) < 4.78 is 10.8. The van der Waals surface area contributed by atoms with Crippen LogP contribution in [0.1, 0.15) is 5.56 Å². The minimum absolute atomic E-state index is 0.338. The van der Waals surface area contributed by atoms with Crippen molar-refractivity contribution in [1.82, 2.24) is 9.80 Å². The Balaban J connectivity index is 1.83. The lowest BCUT2D eigenvalue weighted by molar-refractivity contribution is -0.120. The molecular weight excluding hydrogens is 382 g/mol. The lowest BCUT2D eigenvalue weighted by Crippen LogP contribution is -2.46. The van der Waals surface area contributed by atoms with Crippen molar-refractivity contribution in [1.29, 1.82) is 0 Å². The van der Waals surface area contributed by atoms with Crippen LogP contribution in [0.5, 0.6) is 11.5 Å². The molecule has 0 unspecified atom stereocenters. The van der Waals surface area contributed by atoms with Gasteiger partial charge in [-0.3, -0.25) is 9.59 Å². The van der Waals surface area contributed by atoms with E-state index in [0.29, 0.717) is 41.5 Å². The maximum absolute atomic E-state index is 13.6.